The van der Waals surface area contributed by atoms with Crippen LogP contribution in [0.25, 0.3) is 0 Å². The molecule has 0 aliphatic carbocycles. The normalized spacial score (nSPS) is 10.8. The number of anilines is 1. The fourth-order valence-corrected chi connectivity index (χ4v) is 2.08. The lowest BCUT2D eigenvalue weighted by atomic mass is 10.1. The molecule has 1 N–H and O–H groups in total. The molecule has 0 saturated carbocycles. The SMILES string of the molecule is CCc1ccc(C(=O)/C=C\Nc2ccc(C)c(Cl)c2)cc1. The maximum atomic E-state index is 12.0. The Kier molecular flexibility index (Phi) is 5.18. The second-order valence-electron chi connectivity index (χ2n) is 4.86. The first-order chi connectivity index (χ1) is 10.1. The minimum atomic E-state index is -0.0247. The molecule has 2 aromatic rings. The van der Waals surface area contributed by atoms with Gasteiger partial charge in [0.2, 0.25) is 0 Å². The van der Waals surface area contributed by atoms with Crippen LogP contribution in [0.15, 0.2) is 54.7 Å². The molecule has 0 aromatic heterocycles. The Morgan fingerprint density at radius 1 is 1.19 bits per heavy atom. The van der Waals surface area contributed by atoms with Gasteiger partial charge in [-0.15, -0.1) is 0 Å². The van der Waals surface area contributed by atoms with Crippen LogP contribution in [0.4, 0.5) is 5.69 Å². The number of benzene rings is 2. The summed E-state index contributed by atoms with van der Waals surface area (Å²) < 4.78 is 0. The summed E-state index contributed by atoms with van der Waals surface area (Å²) in [5.74, 6) is -0.0247. The standard InChI is InChI=1S/C18H18ClNO/c1-3-14-5-7-15(8-6-14)18(21)10-11-20-16-9-4-13(2)17(19)12-16/h4-12,20H,3H2,1-2H3/b11-10-. The molecule has 2 rings (SSSR count). The lowest BCUT2D eigenvalue weighted by Gasteiger charge is -2.03. The third-order valence-corrected chi connectivity index (χ3v) is 3.71. The maximum Gasteiger partial charge on any atom is 0.187 e. The highest BCUT2D eigenvalue weighted by atomic mass is 35.5. The molecule has 0 aliphatic heterocycles. The number of hydrogen-bond acceptors (Lipinski definition) is 2. The number of aryl methyl sites for hydroxylation is 2. The third-order valence-electron chi connectivity index (χ3n) is 3.30. The van der Waals surface area contributed by atoms with Crippen molar-refractivity contribution in [1.82, 2.24) is 0 Å². The van der Waals surface area contributed by atoms with Crippen molar-refractivity contribution in [1.29, 1.82) is 0 Å². The summed E-state index contributed by atoms with van der Waals surface area (Å²) in [5.41, 5.74) is 3.80. The highest BCUT2D eigenvalue weighted by Gasteiger charge is 2.01. The number of carbonyl (C=O) groups is 1. The van der Waals surface area contributed by atoms with Gasteiger partial charge in [-0.3, -0.25) is 4.79 Å². The zero-order valence-electron chi connectivity index (χ0n) is 12.2. The predicted molar refractivity (Wildman–Crippen MR) is 89.1 cm³/mol. The summed E-state index contributed by atoms with van der Waals surface area (Å²) in [6.45, 7) is 4.04. The lowest BCUT2D eigenvalue weighted by molar-refractivity contribution is 0.104. The number of allylic oxidation sites excluding steroid dienone is 1. The van der Waals surface area contributed by atoms with Crippen LogP contribution in [0.2, 0.25) is 5.02 Å². The van der Waals surface area contributed by atoms with E-state index in [0.717, 1.165) is 17.7 Å². The quantitative estimate of drug-likeness (QED) is 0.620. The van der Waals surface area contributed by atoms with Crippen molar-refractivity contribution >= 4 is 23.1 Å². The Morgan fingerprint density at radius 3 is 2.52 bits per heavy atom. The van der Waals surface area contributed by atoms with E-state index in [-0.39, 0.29) is 5.78 Å². The number of hydrogen-bond donors (Lipinski definition) is 1. The fourth-order valence-electron chi connectivity index (χ4n) is 1.90. The van der Waals surface area contributed by atoms with Crippen LogP contribution in [0.1, 0.15) is 28.4 Å². The molecular weight excluding hydrogens is 282 g/mol. The van der Waals surface area contributed by atoms with Gasteiger partial charge in [0, 0.05) is 28.5 Å². The molecule has 0 amide bonds. The van der Waals surface area contributed by atoms with Crippen molar-refractivity contribution in [2.45, 2.75) is 20.3 Å². The third kappa shape index (κ3) is 4.20. The molecule has 0 aliphatic rings. The number of rotatable bonds is 5. The van der Waals surface area contributed by atoms with Gasteiger partial charge in [-0.2, -0.15) is 0 Å². The summed E-state index contributed by atoms with van der Waals surface area (Å²) >= 11 is 6.05. The molecule has 0 radical (unpaired) electrons. The molecule has 21 heavy (non-hydrogen) atoms. The number of ketones is 1. The Hall–Kier alpha value is -2.06. The molecular formula is C18H18ClNO. The molecule has 3 heteroatoms. The molecule has 2 nitrogen and oxygen atoms in total. The van der Waals surface area contributed by atoms with Crippen LogP contribution in [0.5, 0.6) is 0 Å². The highest BCUT2D eigenvalue weighted by molar-refractivity contribution is 6.31. The minimum absolute atomic E-state index is 0.0247. The van der Waals surface area contributed by atoms with E-state index >= 15 is 0 Å². The molecule has 0 fully saturated rings. The van der Waals surface area contributed by atoms with Crippen LogP contribution in [0.3, 0.4) is 0 Å². The van der Waals surface area contributed by atoms with Gasteiger partial charge in [0.15, 0.2) is 5.78 Å². The van der Waals surface area contributed by atoms with Crippen molar-refractivity contribution in [3.05, 3.63) is 76.5 Å². The largest absolute Gasteiger partial charge is 0.362 e. The van der Waals surface area contributed by atoms with Crippen LogP contribution in [-0.4, -0.2) is 5.78 Å². The van der Waals surface area contributed by atoms with Crippen molar-refractivity contribution < 1.29 is 4.79 Å². The molecule has 0 atom stereocenters. The lowest BCUT2D eigenvalue weighted by Crippen LogP contribution is -1.96. The Morgan fingerprint density at radius 2 is 1.90 bits per heavy atom. The van der Waals surface area contributed by atoms with E-state index in [1.54, 1.807) is 6.20 Å². The topological polar surface area (TPSA) is 29.1 Å². The smallest absolute Gasteiger partial charge is 0.187 e. The van der Waals surface area contributed by atoms with Gasteiger partial charge in [-0.05, 0) is 36.6 Å². The van der Waals surface area contributed by atoms with Crippen molar-refractivity contribution in [3.8, 4) is 0 Å². The molecule has 108 valence electrons. The predicted octanol–water partition coefficient (Wildman–Crippen LogP) is 5.02. The van der Waals surface area contributed by atoms with Crippen molar-refractivity contribution in [3.63, 3.8) is 0 Å². The molecule has 0 unspecified atom stereocenters. The van der Waals surface area contributed by atoms with Crippen molar-refractivity contribution in [2.24, 2.45) is 0 Å². The van der Waals surface area contributed by atoms with Gasteiger partial charge in [0.25, 0.3) is 0 Å². The van der Waals surface area contributed by atoms with Gasteiger partial charge in [0.1, 0.15) is 0 Å². The summed E-state index contributed by atoms with van der Waals surface area (Å²) in [6.07, 6.45) is 4.13. The zero-order valence-corrected chi connectivity index (χ0v) is 12.9. The van der Waals surface area contributed by atoms with Gasteiger partial charge < -0.3 is 5.32 Å². The molecule has 2 aromatic carbocycles. The fraction of sp³-hybridized carbons (Fsp3) is 0.167. The zero-order chi connectivity index (χ0) is 15.2. The summed E-state index contributed by atoms with van der Waals surface area (Å²) in [4.78, 5) is 12.0. The first kappa shape index (κ1) is 15.3. The number of halogens is 1. The van der Waals surface area contributed by atoms with E-state index in [1.165, 1.54) is 11.6 Å². The van der Waals surface area contributed by atoms with Gasteiger partial charge in [-0.1, -0.05) is 48.9 Å². The van der Waals surface area contributed by atoms with E-state index in [9.17, 15) is 4.79 Å². The monoisotopic (exact) mass is 299 g/mol. The molecule has 0 saturated heterocycles. The summed E-state index contributed by atoms with van der Waals surface area (Å²) in [6, 6.07) is 13.4. The average Bonchev–Trinajstić information content (AvgIpc) is 2.51. The van der Waals surface area contributed by atoms with E-state index in [0.29, 0.717) is 10.6 Å². The molecule has 0 heterocycles. The second-order valence-corrected chi connectivity index (χ2v) is 5.26. The minimum Gasteiger partial charge on any atom is -0.362 e. The van der Waals surface area contributed by atoms with Crippen molar-refractivity contribution in [2.75, 3.05) is 5.32 Å². The number of carbonyl (C=O) groups excluding carboxylic acids is 1. The highest BCUT2D eigenvalue weighted by Crippen LogP contribution is 2.19. The van der Waals surface area contributed by atoms with Gasteiger partial charge >= 0.3 is 0 Å². The van der Waals surface area contributed by atoms with E-state index in [2.05, 4.69) is 12.2 Å². The Bertz CT molecular complexity index is 659. The first-order valence-corrected chi connectivity index (χ1v) is 7.30. The van der Waals surface area contributed by atoms with E-state index < -0.39 is 0 Å². The van der Waals surface area contributed by atoms with Crippen LogP contribution in [0, 0.1) is 6.92 Å². The van der Waals surface area contributed by atoms with Gasteiger partial charge in [-0.25, -0.2) is 0 Å². The summed E-state index contributed by atoms with van der Waals surface area (Å²) in [7, 11) is 0. The first-order valence-electron chi connectivity index (χ1n) is 6.92. The average molecular weight is 300 g/mol. The number of nitrogens with one attached hydrogen (secondary N) is 1. The summed E-state index contributed by atoms with van der Waals surface area (Å²) in [5, 5.41) is 3.75. The maximum absolute atomic E-state index is 12.0. The van der Waals surface area contributed by atoms with Gasteiger partial charge in [0.05, 0.1) is 0 Å². The van der Waals surface area contributed by atoms with E-state index in [4.69, 9.17) is 11.6 Å². The van der Waals surface area contributed by atoms with Crippen LogP contribution in [-0.2, 0) is 6.42 Å². The Balaban J connectivity index is 1.99. The molecule has 0 spiro atoms. The Labute approximate surface area is 130 Å². The van der Waals surface area contributed by atoms with E-state index in [1.807, 2.05) is 49.4 Å². The second kappa shape index (κ2) is 7.09. The van der Waals surface area contributed by atoms with Crippen LogP contribution < -0.4 is 5.32 Å². The molecule has 0 bridgehead atoms. The van der Waals surface area contributed by atoms with Crippen LogP contribution >= 0.6 is 11.6 Å².